The highest BCUT2D eigenvalue weighted by Crippen LogP contribution is 2.23. The van der Waals surface area contributed by atoms with Crippen molar-refractivity contribution in [2.24, 2.45) is 0 Å². The zero-order valence-corrected chi connectivity index (χ0v) is 14.7. The van der Waals surface area contributed by atoms with Crippen LogP contribution in [0.5, 0.6) is 0 Å². The van der Waals surface area contributed by atoms with Crippen LogP contribution in [0, 0.1) is 6.92 Å². The van der Waals surface area contributed by atoms with Crippen molar-refractivity contribution in [1.82, 2.24) is 10.3 Å². The highest BCUT2D eigenvalue weighted by atomic mass is 16.4. The second-order valence-electron chi connectivity index (χ2n) is 6.62. The van der Waals surface area contributed by atoms with E-state index in [-0.39, 0.29) is 6.42 Å². The molecular formula is C20H21N3O3. The number of amides is 2. The van der Waals surface area contributed by atoms with E-state index in [1.165, 1.54) is 6.92 Å². The fourth-order valence-electron chi connectivity index (χ4n) is 2.88. The standard InChI is InChI=1S/C20H21N3O3/c1-13-7-9-15(10-8-13)22-19(26)23-20(2,18(24)25)11-14-12-21-17-6-4-3-5-16(14)17/h3-10,12,21H,11H2,1-2H3,(H,24,25)(H2,22,23,26). The number of carboxylic acid groups (broad SMARTS) is 1. The van der Waals surface area contributed by atoms with Crippen molar-refractivity contribution in [3.63, 3.8) is 0 Å². The number of carbonyl (C=O) groups excluding carboxylic acids is 1. The molecule has 0 radical (unpaired) electrons. The number of H-pyrrole nitrogens is 1. The molecule has 1 heterocycles. The van der Waals surface area contributed by atoms with Crippen LogP contribution in [-0.4, -0.2) is 27.6 Å². The molecule has 1 atom stereocenters. The van der Waals surface area contributed by atoms with Crippen LogP contribution in [0.3, 0.4) is 0 Å². The van der Waals surface area contributed by atoms with E-state index in [2.05, 4.69) is 15.6 Å². The zero-order valence-electron chi connectivity index (χ0n) is 14.7. The molecule has 0 spiro atoms. The molecule has 0 fully saturated rings. The fraction of sp³-hybridized carbons (Fsp3) is 0.200. The molecule has 6 heteroatoms. The average molecular weight is 351 g/mol. The van der Waals surface area contributed by atoms with Crippen LogP contribution in [0.4, 0.5) is 10.5 Å². The van der Waals surface area contributed by atoms with Gasteiger partial charge in [-0.2, -0.15) is 0 Å². The number of aryl methyl sites for hydroxylation is 1. The number of nitrogens with one attached hydrogen (secondary N) is 3. The Bertz CT molecular complexity index is 946. The molecule has 6 nitrogen and oxygen atoms in total. The van der Waals surface area contributed by atoms with E-state index >= 15 is 0 Å². The summed E-state index contributed by atoms with van der Waals surface area (Å²) in [5.74, 6) is -1.10. The smallest absolute Gasteiger partial charge is 0.329 e. The lowest BCUT2D eigenvalue weighted by Gasteiger charge is -2.26. The van der Waals surface area contributed by atoms with Gasteiger partial charge < -0.3 is 20.7 Å². The fourth-order valence-corrected chi connectivity index (χ4v) is 2.88. The Morgan fingerprint density at radius 3 is 2.50 bits per heavy atom. The van der Waals surface area contributed by atoms with Gasteiger partial charge >= 0.3 is 12.0 Å². The monoisotopic (exact) mass is 351 g/mol. The third-order valence-corrected chi connectivity index (χ3v) is 4.39. The number of rotatable bonds is 5. The molecule has 0 aliphatic rings. The van der Waals surface area contributed by atoms with E-state index in [1.807, 2.05) is 43.3 Å². The third-order valence-electron chi connectivity index (χ3n) is 4.39. The Labute approximate surface area is 151 Å². The molecule has 3 rings (SSSR count). The SMILES string of the molecule is Cc1ccc(NC(=O)NC(C)(Cc2c[nH]c3ccccc23)C(=O)O)cc1. The van der Waals surface area contributed by atoms with Crippen LogP contribution < -0.4 is 10.6 Å². The maximum atomic E-state index is 12.3. The number of anilines is 1. The molecule has 3 aromatic rings. The third kappa shape index (κ3) is 3.69. The lowest BCUT2D eigenvalue weighted by Crippen LogP contribution is -2.55. The maximum Gasteiger partial charge on any atom is 0.329 e. The summed E-state index contributed by atoms with van der Waals surface area (Å²) in [6, 6.07) is 14.4. The van der Waals surface area contributed by atoms with Crippen molar-refractivity contribution >= 4 is 28.6 Å². The number of urea groups is 1. The van der Waals surface area contributed by atoms with Gasteiger partial charge in [-0.1, -0.05) is 35.9 Å². The molecule has 4 N–H and O–H groups in total. The summed E-state index contributed by atoms with van der Waals surface area (Å²) in [4.78, 5) is 27.3. The largest absolute Gasteiger partial charge is 0.480 e. The molecule has 0 saturated carbocycles. The van der Waals surface area contributed by atoms with Gasteiger partial charge in [0.05, 0.1) is 0 Å². The average Bonchev–Trinajstić information content (AvgIpc) is 2.99. The van der Waals surface area contributed by atoms with Crippen molar-refractivity contribution in [2.45, 2.75) is 25.8 Å². The van der Waals surface area contributed by atoms with Crippen LogP contribution in [-0.2, 0) is 11.2 Å². The Kier molecular flexibility index (Phi) is 4.67. The zero-order chi connectivity index (χ0) is 18.7. The summed E-state index contributed by atoms with van der Waals surface area (Å²) in [7, 11) is 0. The predicted octanol–water partition coefficient (Wildman–Crippen LogP) is 3.68. The number of hydrogen-bond acceptors (Lipinski definition) is 2. The van der Waals surface area contributed by atoms with Crippen molar-refractivity contribution in [2.75, 3.05) is 5.32 Å². The highest BCUT2D eigenvalue weighted by Gasteiger charge is 2.36. The first kappa shape index (κ1) is 17.5. The van der Waals surface area contributed by atoms with Gasteiger partial charge in [0.1, 0.15) is 5.54 Å². The lowest BCUT2D eigenvalue weighted by molar-refractivity contribution is -0.143. The van der Waals surface area contributed by atoms with Gasteiger partial charge in [-0.25, -0.2) is 9.59 Å². The molecule has 0 aliphatic carbocycles. The van der Waals surface area contributed by atoms with Gasteiger partial charge in [0, 0.05) is 29.2 Å². The number of aliphatic carboxylic acids is 1. The summed E-state index contributed by atoms with van der Waals surface area (Å²) in [5, 5.41) is 15.9. The second-order valence-corrected chi connectivity index (χ2v) is 6.62. The summed E-state index contributed by atoms with van der Waals surface area (Å²) >= 11 is 0. The molecule has 0 aliphatic heterocycles. The number of benzene rings is 2. The molecule has 26 heavy (non-hydrogen) atoms. The first-order valence-electron chi connectivity index (χ1n) is 8.32. The normalized spacial score (nSPS) is 13.2. The minimum absolute atomic E-state index is 0.160. The maximum absolute atomic E-state index is 12.3. The van der Waals surface area contributed by atoms with Crippen LogP contribution in [0.15, 0.2) is 54.7 Å². The van der Waals surface area contributed by atoms with E-state index < -0.39 is 17.5 Å². The van der Waals surface area contributed by atoms with Crippen molar-refractivity contribution in [3.8, 4) is 0 Å². The minimum atomic E-state index is -1.44. The van der Waals surface area contributed by atoms with E-state index in [0.717, 1.165) is 22.0 Å². The number of para-hydroxylation sites is 1. The number of hydrogen-bond donors (Lipinski definition) is 4. The van der Waals surface area contributed by atoms with E-state index in [9.17, 15) is 14.7 Å². The van der Waals surface area contributed by atoms with Crippen LogP contribution >= 0.6 is 0 Å². The molecule has 134 valence electrons. The van der Waals surface area contributed by atoms with Gasteiger partial charge in [-0.15, -0.1) is 0 Å². The second kappa shape index (κ2) is 6.92. The van der Waals surface area contributed by atoms with E-state index in [4.69, 9.17) is 0 Å². The Balaban J connectivity index is 1.77. The summed E-state index contributed by atoms with van der Waals surface area (Å²) in [6.07, 6.45) is 1.94. The first-order chi connectivity index (χ1) is 12.4. The van der Waals surface area contributed by atoms with Gasteiger partial charge in [-0.3, -0.25) is 0 Å². The number of carbonyl (C=O) groups is 2. The summed E-state index contributed by atoms with van der Waals surface area (Å²) in [6.45, 7) is 3.46. The number of fused-ring (bicyclic) bond motifs is 1. The lowest BCUT2D eigenvalue weighted by atomic mass is 9.92. The molecular weight excluding hydrogens is 330 g/mol. The van der Waals surface area contributed by atoms with Crippen LogP contribution in [0.1, 0.15) is 18.1 Å². The minimum Gasteiger partial charge on any atom is -0.480 e. The summed E-state index contributed by atoms with van der Waals surface area (Å²) in [5.41, 5.74) is 2.00. The first-order valence-corrected chi connectivity index (χ1v) is 8.32. The quantitative estimate of drug-likeness (QED) is 0.565. The van der Waals surface area contributed by atoms with Crippen molar-refractivity contribution in [1.29, 1.82) is 0 Å². The van der Waals surface area contributed by atoms with E-state index in [0.29, 0.717) is 5.69 Å². The van der Waals surface area contributed by atoms with Crippen LogP contribution in [0.2, 0.25) is 0 Å². The molecule has 1 unspecified atom stereocenters. The predicted molar refractivity (Wildman–Crippen MR) is 101 cm³/mol. The molecule has 0 bridgehead atoms. The molecule has 0 saturated heterocycles. The number of carboxylic acids is 1. The molecule has 2 amide bonds. The topological polar surface area (TPSA) is 94.2 Å². The van der Waals surface area contributed by atoms with Gasteiger partial charge in [-0.05, 0) is 37.6 Å². The van der Waals surface area contributed by atoms with Crippen molar-refractivity contribution < 1.29 is 14.7 Å². The van der Waals surface area contributed by atoms with Gasteiger partial charge in [0.2, 0.25) is 0 Å². The van der Waals surface area contributed by atoms with E-state index in [1.54, 1.807) is 18.3 Å². The van der Waals surface area contributed by atoms with Crippen LogP contribution in [0.25, 0.3) is 10.9 Å². The number of aromatic amines is 1. The summed E-state index contributed by atoms with van der Waals surface area (Å²) < 4.78 is 0. The molecule has 1 aromatic heterocycles. The molecule has 2 aromatic carbocycles. The Morgan fingerprint density at radius 2 is 1.81 bits per heavy atom. The van der Waals surface area contributed by atoms with Crippen molar-refractivity contribution in [3.05, 3.63) is 65.9 Å². The Hall–Kier alpha value is -3.28. The van der Waals surface area contributed by atoms with Gasteiger partial charge in [0.25, 0.3) is 0 Å². The number of aromatic nitrogens is 1. The highest BCUT2D eigenvalue weighted by molar-refractivity contribution is 5.94. The van der Waals surface area contributed by atoms with Gasteiger partial charge in [0.15, 0.2) is 0 Å². The Morgan fingerprint density at radius 1 is 1.12 bits per heavy atom.